The highest BCUT2D eigenvalue weighted by molar-refractivity contribution is 5.01. The molecule has 0 fully saturated rings. The van der Waals surface area contributed by atoms with Crippen molar-refractivity contribution >= 4 is 0 Å². The van der Waals surface area contributed by atoms with Gasteiger partial charge in [0.15, 0.2) is 0 Å². The standard InChI is InChI=1S/C15H29N/c1-5-8-9-10-11-15(4)12-14-16(7-3)13-6-2/h5,8-10,15H,6-7,11-14H2,1-4H3/b8-5-,10-9-. The molecule has 0 aliphatic rings. The molecular formula is C15H29N. The number of hydrogen-bond acceptors (Lipinski definition) is 1. The van der Waals surface area contributed by atoms with Crippen LogP contribution in [0.1, 0.15) is 47.0 Å². The van der Waals surface area contributed by atoms with Crippen molar-refractivity contribution in [3.63, 3.8) is 0 Å². The molecule has 0 saturated heterocycles. The van der Waals surface area contributed by atoms with E-state index >= 15 is 0 Å². The fourth-order valence-corrected chi connectivity index (χ4v) is 1.77. The van der Waals surface area contributed by atoms with Crippen molar-refractivity contribution in [3.05, 3.63) is 24.3 Å². The summed E-state index contributed by atoms with van der Waals surface area (Å²) in [7, 11) is 0. The van der Waals surface area contributed by atoms with E-state index in [9.17, 15) is 0 Å². The maximum Gasteiger partial charge on any atom is -0.00162 e. The highest BCUT2D eigenvalue weighted by Gasteiger charge is 2.04. The zero-order valence-electron chi connectivity index (χ0n) is 11.6. The molecule has 0 spiro atoms. The van der Waals surface area contributed by atoms with E-state index in [-0.39, 0.29) is 0 Å². The quantitative estimate of drug-likeness (QED) is 0.528. The van der Waals surface area contributed by atoms with Gasteiger partial charge in [-0.2, -0.15) is 0 Å². The molecule has 1 nitrogen and oxygen atoms in total. The normalized spacial score (nSPS) is 14.3. The number of hydrogen-bond donors (Lipinski definition) is 0. The minimum absolute atomic E-state index is 0.799. The molecule has 0 aliphatic heterocycles. The third kappa shape index (κ3) is 8.72. The van der Waals surface area contributed by atoms with Gasteiger partial charge in [-0.05, 0) is 51.7 Å². The second-order valence-electron chi connectivity index (χ2n) is 4.52. The minimum atomic E-state index is 0.799. The molecule has 0 aromatic rings. The first kappa shape index (κ1) is 15.4. The summed E-state index contributed by atoms with van der Waals surface area (Å²) in [4.78, 5) is 2.55. The van der Waals surface area contributed by atoms with Crippen molar-refractivity contribution in [2.24, 2.45) is 5.92 Å². The van der Waals surface area contributed by atoms with Crippen molar-refractivity contribution in [2.45, 2.75) is 47.0 Å². The zero-order valence-corrected chi connectivity index (χ0v) is 11.6. The van der Waals surface area contributed by atoms with Crippen LogP contribution in [0.25, 0.3) is 0 Å². The molecule has 0 aliphatic carbocycles. The van der Waals surface area contributed by atoms with Gasteiger partial charge in [0, 0.05) is 0 Å². The van der Waals surface area contributed by atoms with Gasteiger partial charge in [0.1, 0.15) is 0 Å². The Balaban J connectivity index is 3.65. The molecule has 0 N–H and O–H groups in total. The lowest BCUT2D eigenvalue weighted by molar-refractivity contribution is 0.267. The van der Waals surface area contributed by atoms with Crippen molar-refractivity contribution < 1.29 is 0 Å². The Morgan fingerprint density at radius 1 is 1.12 bits per heavy atom. The number of allylic oxidation sites excluding steroid dienone is 4. The van der Waals surface area contributed by atoms with E-state index in [1.54, 1.807) is 0 Å². The number of rotatable bonds is 9. The second kappa shape index (κ2) is 10.9. The van der Waals surface area contributed by atoms with E-state index in [0.29, 0.717) is 0 Å². The van der Waals surface area contributed by atoms with E-state index < -0.39 is 0 Å². The van der Waals surface area contributed by atoms with Crippen LogP contribution in [0.5, 0.6) is 0 Å². The van der Waals surface area contributed by atoms with Crippen molar-refractivity contribution in [3.8, 4) is 0 Å². The molecule has 0 amide bonds. The summed E-state index contributed by atoms with van der Waals surface area (Å²) >= 11 is 0. The largest absolute Gasteiger partial charge is 0.304 e. The molecule has 1 atom stereocenters. The van der Waals surface area contributed by atoms with Crippen molar-refractivity contribution in [2.75, 3.05) is 19.6 Å². The van der Waals surface area contributed by atoms with Crippen molar-refractivity contribution in [1.29, 1.82) is 0 Å². The maximum absolute atomic E-state index is 2.55. The van der Waals surface area contributed by atoms with Gasteiger partial charge in [-0.3, -0.25) is 0 Å². The van der Waals surface area contributed by atoms with Crippen LogP contribution in [0.2, 0.25) is 0 Å². The minimum Gasteiger partial charge on any atom is -0.304 e. The van der Waals surface area contributed by atoms with Crippen LogP contribution in [0.3, 0.4) is 0 Å². The van der Waals surface area contributed by atoms with Gasteiger partial charge in [0.2, 0.25) is 0 Å². The second-order valence-corrected chi connectivity index (χ2v) is 4.52. The fourth-order valence-electron chi connectivity index (χ4n) is 1.77. The molecule has 0 aromatic heterocycles. The summed E-state index contributed by atoms with van der Waals surface area (Å²) < 4.78 is 0. The van der Waals surface area contributed by atoms with Gasteiger partial charge in [-0.25, -0.2) is 0 Å². The molecule has 1 heteroatoms. The lowest BCUT2D eigenvalue weighted by Crippen LogP contribution is -2.26. The van der Waals surface area contributed by atoms with Gasteiger partial charge in [0.25, 0.3) is 0 Å². The van der Waals surface area contributed by atoms with Crippen LogP contribution in [0.4, 0.5) is 0 Å². The van der Waals surface area contributed by atoms with Crippen LogP contribution >= 0.6 is 0 Å². The van der Waals surface area contributed by atoms with E-state index in [4.69, 9.17) is 0 Å². The first-order valence-electron chi connectivity index (χ1n) is 6.74. The lowest BCUT2D eigenvalue weighted by Gasteiger charge is -2.21. The molecule has 1 unspecified atom stereocenters. The topological polar surface area (TPSA) is 3.24 Å². The summed E-state index contributed by atoms with van der Waals surface area (Å²) in [5.41, 5.74) is 0. The third-order valence-corrected chi connectivity index (χ3v) is 2.90. The summed E-state index contributed by atoms with van der Waals surface area (Å²) in [5.74, 6) is 0.799. The molecular weight excluding hydrogens is 194 g/mol. The Kier molecular flexibility index (Phi) is 10.6. The fraction of sp³-hybridized carbons (Fsp3) is 0.733. The van der Waals surface area contributed by atoms with Crippen LogP contribution in [-0.4, -0.2) is 24.5 Å². The van der Waals surface area contributed by atoms with E-state index in [1.807, 2.05) is 0 Å². The van der Waals surface area contributed by atoms with Gasteiger partial charge >= 0.3 is 0 Å². The average molecular weight is 223 g/mol. The van der Waals surface area contributed by atoms with E-state index in [0.717, 1.165) is 5.92 Å². The summed E-state index contributed by atoms with van der Waals surface area (Å²) in [6.07, 6.45) is 12.4. The molecule has 0 radical (unpaired) electrons. The highest BCUT2D eigenvalue weighted by atomic mass is 15.1. The summed E-state index contributed by atoms with van der Waals surface area (Å²) in [5, 5.41) is 0. The van der Waals surface area contributed by atoms with Gasteiger partial charge in [0.05, 0.1) is 0 Å². The Labute approximate surface area is 102 Å². The average Bonchev–Trinajstić information content (AvgIpc) is 2.30. The first-order valence-corrected chi connectivity index (χ1v) is 6.74. The third-order valence-electron chi connectivity index (χ3n) is 2.90. The predicted molar refractivity (Wildman–Crippen MR) is 74.8 cm³/mol. The molecule has 0 heterocycles. The summed E-state index contributed by atoms with van der Waals surface area (Å²) in [6.45, 7) is 12.6. The Morgan fingerprint density at radius 2 is 1.88 bits per heavy atom. The van der Waals surface area contributed by atoms with Gasteiger partial charge < -0.3 is 4.90 Å². The summed E-state index contributed by atoms with van der Waals surface area (Å²) in [6, 6.07) is 0. The monoisotopic (exact) mass is 223 g/mol. The Morgan fingerprint density at radius 3 is 2.44 bits per heavy atom. The molecule has 0 rings (SSSR count). The Bertz CT molecular complexity index is 194. The van der Waals surface area contributed by atoms with E-state index in [1.165, 1.54) is 38.9 Å². The SMILES string of the molecule is C/C=C\C=C/CC(C)CCN(CC)CCC. The zero-order chi connectivity index (χ0) is 12.2. The Hall–Kier alpha value is -0.560. The molecule has 94 valence electrons. The first-order chi connectivity index (χ1) is 7.74. The molecule has 0 saturated carbocycles. The molecule has 16 heavy (non-hydrogen) atoms. The predicted octanol–water partition coefficient (Wildman–Crippen LogP) is 4.27. The van der Waals surface area contributed by atoms with E-state index in [2.05, 4.69) is 56.9 Å². The van der Waals surface area contributed by atoms with Crippen molar-refractivity contribution in [1.82, 2.24) is 4.90 Å². The molecule has 0 bridgehead atoms. The molecule has 0 aromatic carbocycles. The van der Waals surface area contributed by atoms with Crippen LogP contribution < -0.4 is 0 Å². The number of nitrogens with zero attached hydrogens (tertiary/aromatic N) is 1. The highest BCUT2D eigenvalue weighted by Crippen LogP contribution is 2.09. The maximum atomic E-state index is 2.55. The van der Waals surface area contributed by atoms with Crippen LogP contribution in [-0.2, 0) is 0 Å². The lowest BCUT2D eigenvalue weighted by atomic mass is 10.0. The van der Waals surface area contributed by atoms with Gasteiger partial charge in [-0.1, -0.05) is 45.1 Å². The van der Waals surface area contributed by atoms with Gasteiger partial charge in [-0.15, -0.1) is 0 Å². The van der Waals surface area contributed by atoms with Crippen LogP contribution in [0, 0.1) is 5.92 Å². The smallest absolute Gasteiger partial charge is 0.00162 e. The van der Waals surface area contributed by atoms with Crippen LogP contribution in [0.15, 0.2) is 24.3 Å².